The van der Waals surface area contributed by atoms with Crippen LogP contribution in [-0.2, 0) is 9.59 Å². The average molecular weight is 225 g/mol. The number of nitrogens with one attached hydrogen (secondary N) is 1. The van der Waals surface area contributed by atoms with Gasteiger partial charge in [-0.15, -0.1) is 0 Å². The standard InChI is InChI=1S/C9H15N5O2/c1-2-7-9(16)12-8(15)6-14(7)5-3-4-11-13-10/h7H,2-6H2,1H3,(H,12,15,16). The van der Waals surface area contributed by atoms with Crippen LogP contribution >= 0.6 is 0 Å². The van der Waals surface area contributed by atoms with Gasteiger partial charge in [-0.3, -0.25) is 19.8 Å². The highest BCUT2D eigenvalue weighted by Crippen LogP contribution is 2.09. The van der Waals surface area contributed by atoms with Crippen molar-refractivity contribution in [2.24, 2.45) is 5.11 Å². The molecule has 1 heterocycles. The third-order valence-electron chi connectivity index (χ3n) is 2.51. The van der Waals surface area contributed by atoms with Gasteiger partial charge >= 0.3 is 0 Å². The predicted molar refractivity (Wildman–Crippen MR) is 57.4 cm³/mol. The molecule has 0 aliphatic carbocycles. The molecule has 0 saturated carbocycles. The predicted octanol–water partition coefficient (Wildman–Crippen LogP) is 0.424. The van der Waals surface area contributed by atoms with E-state index in [4.69, 9.17) is 5.53 Å². The Morgan fingerprint density at radius 3 is 3.00 bits per heavy atom. The molecule has 1 unspecified atom stereocenters. The van der Waals surface area contributed by atoms with Crippen LogP contribution < -0.4 is 5.32 Å². The van der Waals surface area contributed by atoms with Gasteiger partial charge in [0.2, 0.25) is 11.8 Å². The van der Waals surface area contributed by atoms with Gasteiger partial charge in [0, 0.05) is 11.5 Å². The minimum Gasteiger partial charge on any atom is -0.294 e. The molecule has 0 aromatic carbocycles. The molecule has 2 amide bonds. The molecule has 1 saturated heterocycles. The lowest BCUT2D eigenvalue weighted by atomic mass is 10.1. The Morgan fingerprint density at radius 2 is 2.38 bits per heavy atom. The summed E-state index contributed by atoms with van der Waals surface area (Å²) in [7, 11) is 0. The maximum Gasteiger partial charge on any atom is 0.243 e. The summed E-state index contributed by atoms with van der Waals surface area (Å²) in [5.41, 5.74) is 8.11. The van der Waals surface area contributed by atoms with Crippen molar-refractivity contribution in [2.75, 3.05) is 19.6 Å². The van der Waals surface area contributed by atoms with Crippen LogP contribution in [0.2, 0.25) is 0 Å². The zero-order chi connectivity index (χ0) is 12.0. The zero-order valence-electron chi connectivity index (χ0n) is 9.22. The van der Waals surface area contributed by atoms with E-state index >= 15 is 0 Å². The van der Waals surface area contributed by atoms with Crippen molar-refractivity contribution in [1.29, 1.82) is 0 Å². The topological polar surface area (TPSA) is 98.2 Å². The number of rotatable bonds is 5. The van der Waals surface area contributed by atoms with E-state index in [1.54, 1.807) is 0 Å². The molecule has 1 rings (SSSR count). The van der Waals surface area contributed by atoms with Crippen LogP contribution in [0.5, 0.6) is 0 Å². The van der Waals surface area contributed by atoms with Gasteiger partial charge in [0.05, 0.1) is 12.6 Å². The van der Waals surface area contributed by atoms with Crippen molar-refractivity contribution < 1.29 is 9.59 Å². The Bertz CT molecular complexity index is 324. The first-order chi connectivity index (χ1) is 7.69. The van der Waals surface area contributed by atoms with Crippen LogP contribution in [0.3, 0.4) is 0 Å². The number of hydrogen-bond acceptors (Lipinski definition) is 4. The lowest BCUT2D eigenvalue weighted by Crippen LogP contribution is -2.57. The fraction of sp³-hybridized carbons (Fsp3) is 0.778. The smallest absolute Gasteiger partial charge is 0.243 e. The van der Waals surface area contributed by atoms with Crippen molar-refractivity contribution in [3.05, 3.63) is 10.4 Å². The molecule has 0 radical (unpaired) electrons. The average Bonchev–Trinajstić information content (AvgIpc) is 2.24. The number of piperazine rings is 1. The summed E-state index contributed by atoms with van der Waals surface area (Å²) in [4.78, 5) is 27.1. The van der Waals surface area contributed by atoms with Crippen LogP contribution in [-0.4, -0.2) is 42.4 Å². The SMILES string of the molecule is CCC1C(=O)NC(=O)CN1CCCN=[N+]=[N-]. The quantitative estimate of drug-likeness (QED) is 0.241. The van der Waals surface area contributed by atoms with Gasteiger partial charge in [-0.25, -0.2) is 0 Å². The number of nitrogens with zero attached hydrogens (tertiary/aromatic N) is 4. The van der Waals surface area contributed by atoms with E-state index in [9.17, 15) is 9.59 Å². The lowest BCUT2D eigenvalue weighted by molar-refractivity contribution is -0.140. The molecule has 7 nitrogen and oxygen atoms in total. The molecule has 1 fully saturated rings. The van der Waals surface area contributed by atoms with Crippen molar-refractivity contribution in [2.45, 2.75) is 25.8 Å². The summed E-state index contributed by atoms with van der Waals surface area (Å²) < 4.78 is 0. The molecule has 0 bridgehead atoms. The monoisotopic (exact) mass is 225 g/mol. The fourth-order valence-electron chi connectivity index (χ4n) is 1.79. The molecule has 7 heteroatoms. The molecule has 0 spiro atoms. The lowest BCUT2D eigenvalue weighted by Gasteiger charge is -2.33. The maximum absolute atomic E-state index is 11.5. The van der Waals surface area contributed by atoms with E-state index in [1.165, 1.54) is 0 Å². The summed E-state index contributed by atoms with van der Waals surface area (Å²) in [5.74, 6) is -0.499. The highest BCUT2D eigenvalue weighted by Gasteiger charge is 2.31. The molecule has 16 heavy (non-hydrogen) atoms. The summed E-state index contributed by atoms with van der Waals surface area (Å²) in [6.45, 7) is 3.12. The molecule has 0 aromatic heterocycles. The number of amides is 2. The van der Waals surface area contributed by atoms with Crippen LogP contribution in [0.25, 0.3) is 10.4 Å². The van der Waals surface area contributed by atoms with Gasteiger partial charge in [-0.05, 0) is 24.9 Å². The molecular weight excluding hydrogens is 210 g/mol. The number of azide groups is 1. The first kappa shape index (κ1) is 12.5. The van der Waals surface area contributed by atoms with Gasteiger partial charge < -0.3 is 0 Å². The second kappa shape index (κ2) is 6.09. The van der Waals surface area contributed by atoms with Crippen molar-refractivity contribution >= 4 is 11.8 Å². The molecule has 1 atom stereocenters. The van der Waals surface area contributed by atoms with E-state index in [-0.39, 0.29) is 24.4 Å². The van der Waals surface area contributed by atoms with E-state index in [0.29, 0.717) is 25.9 Å². The van der Waals surface area contributed by atoms with Crippen LogP contribution in [0.4, 0.5) is 0 Å². The van der Waals surface area contributed by atoms with Crippen molar-refractivity contribution in [1.82, 2.24) is 10.2 Å². The minimum atomic E-state index is -0.265. The van der Waals surface area contributed by atoms with Crippen LogP contribution in [0.1, 0.15) is 19.8 Å². The Hall–Kier alpha value is -1.59. The summed E-state index contributed by atoms with van der Waals surface area (Å²) in [5, 5.41) is 5.72. The fourth-order valence-corrected chi connectivity index (χ4v) is 1.79. The number of carbonyl (C=O) groups is 2. The Balaban J connectivity index is 2.50. The zero-order valence-corrected chi connectivity index (χ0v) is 9.22. The number of carbonyl (C=O) groups excluding carboxylic acids is 2. The van der Waals surface area contributed by atoms with Crippen LogP contribution in [0, 0.1) is 0 Å². The second-order valence-corrected chi connectivity index (χ2v) is 3.61. The Kier molecular flexibility index (Phi) is 4.75. The van der Waals surface area contributed by atoms with Gasteiger partial charge in [-0.1, -0.05) is 12.0 Å². The Labute approximate surface area is 93.4 Å². The number of hydrogen-bond donors (Lipinski definition) is 1. The maximum atomic E-state index is 11.5. The molecule has 1 aliphatic rings. The van der Waals surface area contributed by atoms with E-state index < -0.39 is 0 Å². The number of imide groups is 1. The van der Waals surface area contributed by atoms with E-state index in [2.05, 4.69) is 15.3 Å². The van der Waals surface area contributed by atoms with E-state index in [0.717, 1.165) is 0 Å². The first-order valence-electron chi connectivity index (χ1n) is 5.27. The van der Waals surface area contributed by atoms with Gasteiger partial charge in [0.15, 0.2) is 0 Å². The molecule has 1 aliphatic heterocycles. The summed E-state index contributed by atoms with van der Waals surface area (Å²) in [6, 6.07) is -0.247. The van der Waals surface area contributed by atoms with Gasteiger partial charge in [-0.2, -0.15) is 0 Å². The Morgan fingerprint density at radius 1 is 1.62 bits per heavy atom. The molecular formula is C9H15N5O2. The van der Waals surface area contributed by atoms with E-state index in [1.807, 2.05) is 11.8 Å². The van der Waals surface area contributed by atoms with Gasteiger partial charge in [0.25, 0.3) is 0 Å². The molecule has 0 aromatic rings. The largest absolute Gasteiger partial charge is 0.294 e. The highest BCUT2D eigenvalue weighted by atomic mass is 16.2. The summed E-state index contributed by atoms with van der Waals surface area (Å²) in [6.07, 6.45) is 1.32. The van der Waals surface area contributed by atoms with Crippen molar-refractivity contribution in [3.8, 4) is 0 Å². The second-order valence-electron chi connectivity index (χ2n) is 3.61. The normalized spacial score (nSPS) is 21.4. The van der Waals surface area contributed by atoms with Crippen molar-refractivity contribution in [3.63, 3.8) is 0 Å². The third kappa shape index (κ3) is 3.22. The minimum absolute atomic E-state index is 0.234. The van der Waals surface area contributed by atoms with Gasteiger partial charge in [0.1, 0.15) is 0 Å². The highest BCUT2D eigenvalue weighted by molar-refractivity contribution is 6.01. The molecule has 1 N–H and O–H groups in total. The molecule has 88 valence electrons. The van der Waals surface area contributed by atoms with Crippen LogP contribution in [0.15, 0.2) is 5.11 Å². The third-order valence-corrected chi connectivity index (χ3v) is 2.51. The first-order valence-corrected chi connectivity index (χ1v) is 5.27. The summed E-state index contributed by atoms with van der Waals surface area (Å²) >= 11 is 0.